The first-order chi connectivity index (χ1) is 9.87. The molecule has 21 heavy (non-hydrogen) atoms. The van der Waals surface area contributed by atoms with Crippen molar-refractivity contribution in [2.45, 2.75) is 32.5 Å². The summed E-state index contributed by atoms with van der Waals surface area (Å²) in [5.74, 6) is 0.975. The highest BCUT2D eigenvalue weighted by molar-refractivity contribution is 9.10. The maximum Gasteiger partial charge on any atom is 0.389 e. The molecule has 120 valence electrons. The number of benzene rings is 1. The number of halogens is 4. The molecule has 0 bridgehead atoms. The molecule has 1 N–H and O–H groups in total. The molecule has 0 spiro atoms. The molecular formula is C14H19BrF3NO2. The van der Waals surface area contributed by atoms with Crippen LogP contribution in [0.4, 0.5) is 13.2 Å². The molecule has 0 atom stereocenters. The fourth-order valence-electron chi connectivity index (χ4n) is 1.78. The summed E-state index contributed by atoms with van der Waals surface area (Å²) in [7, 11) is 1.83. The first-order valence-electron chi connectivity index (χ1n) is 6.66. The average molecular weight is 370 g/mol. The van der Waals surface area contributed by atoms with Crippen LogP contribution in [0.3, 0.4) is 0 Å². The number of alkyl halides is 3. The molecule has 1 aromatic rings. The van der Waals surface area contributed by atoms with E-state index in [1.807, 2.05) is 26.1 Å². The average Bonchev–Trinajstić information content (AvgIpc) is 2.36. The lowest BCUT2D eigenvalue weighted by molar-refractivity contribution is -0.136. The zero-order valence-corrected chi connectivity index (χ0v) is 13.6. The molecule has 0 aliphatic carbocycles. The first kappa shape index (κ1) is 18.1. The van der Waals surface area contributed by atoms with Crippen molar-refractivity contribution in [3.63, 3.8) is 0 Å². The molecule has 0 radical (unpaired) electrons. The number of hydrogen-bond donors (Lipinski definition) is 1. The van der Waals surface area contributed by atoms with Crippen LogP contribution < -0.4 is 14.8 Å². The van der Waals surface area contributed by atoms with Crippen LogP contribution in [0, 0.1) is 0 Å². The van der Waals surface area contributed by atoms with Crippen molar-refractivity contribution in [1.29, 1.82) is 0 Å². The topological polar surface area (TPSA) is 30.5 Å². The van der Waals surface area contributed by atoms with E-state index in [1.54, 1.807) is 0 Å². The van der Waals surface area contributed by atoms with Crippen LogP contribution in [0.5, 0.6) is 11.5 Å². The Morgan fingerprint density at radius 2 is 1.95 bits per heavy atom. The fraction of sp³-hybridized carbons (Fsp3) is 0.571. The number of ether oxygens (including phenoxy) is 2. The van der Waals surface area contributed by atoms with Crippen LogP contribution >= 0.6 is 15.9 Å². The lowest BCUT2D eigenvalue weighted by Gasteiger charge is -2.15. The molecule has 0 aliphatic heterocycles. The third-order valence-corrected chi connectivity index (χ3v) is 3.19. The van der Waals surface area contributed by atoms with E-state index in [0.717, 1.165) is 5.56 Å². The Bertz CT molecular complexity index is 453. The molecular weight excluding hydrogens is 351 g/mol. The Kier molecular flexibility index (Phi) is 7.31. The molecule has 0 amide bonds. The predicted molar refractivity (Wildman–Crippen MR) is 78.9 cm³/mol. The van der Waals surface area contributed by atoms with Crippen molar-refractivity contribution in [2.24, 2.45) is 0 Å². The van der Waals surface area contributed by atoms with E-state index < -0.39 is 12.6 Å². The molecule has 0 saturated carbocycles. The Morgan fingerprint density at radius 1 is 1.24 bits per heavy atom. The third kappa shape index (κ3) is 6.56. The first-order valence-corrected chi connectivity index (χ1v) is 7.46. The molecule has 3 nitrogen and oxygen atoms in total. The molecule has 0 unspecified atom stereocenters. The van der Waals surface area contributed by atoms with Crippen LogP contribution in [0.25, 0.3) is 0 Å². The SMILES string of the molecule is CCOc1cc(CNC)cc(Br)c1OCCCC(F)(F)F. The quantitative estimate of drug-likeness (QED) is 0.693. The van der Waals surface area contributed by atoms with Crippen LogP contribution in [0.15, 0.2) is 16.6 Å². The van der Waals surface area contributed by atoms with Gasteiger partial charge in [0.05, 0.1) is 17.7 Å². The molecule has 1 rings (SSSR count). The van der Waals surface area contributed by atoms with Gasteiger partial charge in [-0.05, 0) is 54.0 Å². The normalized spacial score (nSPS) is 11.5. The second kappa shape index (κ2) is 8.48. The van der Waals surface area contributed by atoms with Gasteiger partial charge < -0.3 is 14.8 Å². The highest BCUT2D eigenvalue weighted by Gasteiger charge is 2.26. The largest absolute Gasteiger partial charge is 0.490 e. The lowest BCUT2D eigenvalue weighted by atomic mass is 10.2. The predicted octanol–water partition coefficient (Wildman–Crippen LogP) is 4.29. The van der Waals surface area contributed by atoms with Crippen molar-refractivity contribution in [2.75, 3.05) is 20.3 Å². The fourth-order valence-corrected chi connectivity index (χ4v) is 2.38. The van der Waals surface area contributed by atoms with Crippen molar-refractivity contribution in [1.82, 2.24) is 5.32 Å². The Hall–Kier alpha value is -0.950. The molecule has 7 heteroatoms. The molecule has 0 aliphatic rings. The van der Waals surface area contributed by atoms with Crippen molar-refractivity contribution in [3.8, 4) is 11.5 Å². The number of hydrogen-bond acceptors (Lipinski definition) is 3. The lowest BCUT2D eigenvalue weighted by Crippen LogP contribution is -2.11. The summed E-state index contributed by atoms with van der Waals surface area (Å²) in [4.78, 5) is 0. The minimum Gasteiger partial charge on any atom is -0.490 e. The summed E-state index contributed by atoms with van der Waals surface area (Å²) >= 11 is 3.37. The van der Waals surface area contributed by atoms with Gasteiger partial charge in [0.25, 0.3) is 0 Å². The van der Waals surface area contributed by atoms with Crippen LogP contribution in [0.2, 0.25) is 0 Å². The summed E-state index contributed by atoms with van der Waals surface area (Å²) in [6, 6.07) is 3.68. The van der Waals surface area contributed by atoms with Gasteiger partial charge in [0.2, 0.25) is 0 Å². The second-order valence-corrected chi connectivity index (χ2v) is 5.29. The van der Waals surface area contributed by atoms with Crippen molar-refractivity contribution >= 4 is 15.9 Å². The summed E-state index contributed by atoms with van der Waals surface area (Å²) in [6.45, 7) is 2.94. The van der Waals surface area contributed by atoms with Crippen LogP contribution in [-0.2, 0) is 6.54 Å². The number of nitrogens with one attached hydrogen (secondary N) is 1. The highest BCUT2D eigenvalue weighted by Crippen LogP contribution is 2.37. The van der Waals surface area contributed by atoms with E-state index in [9.17, 15) is 13.2 Å². The summed E-state index contributed by atoms with van der Waals surface area (Å²) in [5.41, 5.74) is 0.996. The van der Waals surface area contributed by atoms with E-state index >= 15 is 0 Å². The minimum absolute atomic E-state index is 0.0104. The van der Waals surface area contributed by atoms with E-state index in [1.165, 1.54) is 0 Å². The Balaban J connectivity index is 2.75. The van der Waals surface area contributed by atoms with E-state index in [-0.39, 0.29) is 13.0 Å². The van der Waals surface area contributed by atoms with Gasteiger partial charge in [-0.25, -0.2) is 0 Å². The van der Waals surface area contributed by atoms with Crippen molar-refractivity contribution in [3.05, 3.63) is 22.2 Å². The van der Waals surface area contributed by atoms with Gasteiger partial charge in [-0.2, -0.15) is 13.2 Å². The van der Waals surface area contributed by atoms with Crippen LogP contribution in [-0.4, -0.2) is 26.4 Å². The van der Waals surface area contributed by atoms with Gasteiger partial charge in [-0.1, -0.05) is 0 Å². The molecule has 0 heterocycles. The van der Waals surface area contributed by atoms with Gasteiger partial charge in [0.15, 0.2) is 11.5 Å². The van der Waals surface area contributed by atoms with Gasteiger partial charge >= 0.3 is 6.18 Å². The maximum absolute atomic E-state index is 12.1. The Morgan fingerprint density at radius 3 is 2.52 bits per heavy atom. The van der Waals surface area contributed by atoms with Gasteiger partial charge in [0.1, 0.15) is 0 Å². The zero-order valence-electron chi connectivity index (χ0n) is 12.0. The van der Waals surface area contributed by atoms with Gasteiger partial charge in [0, 0.05) is 13.0 Å². The van der Waals surface area contributed by atoms with Gasteiger partial charge in [-0.15, -0.1) is 0 Å². The molecule has 0 saturated heterocycles. The molecule has 1 aromatic carbocycles. The van der Waals surface area contributed by atoms with E-state index in [2.05, 4.69) is 21.2 Å². The van der Waals surface area contributed by atoms with Crippen LogP contribution in [0.1, 0.15) is 25.3 Å². The maximum atomic E-state index is 12.1. The summed E-state index contributed by atoms with van der Waals surface area (Å²) < 4.78 is 47.9. The van der Waals surface area contributed by atoms with E-state index in [4.69, 9.17) is 9.47 Å². The van der Waals surface area contributed by atoms with Crippen molar-refractivity contribution < 1.29 is 22.6 Å². The Labute approximate surface area is 130 Å². The smallest absolute Gasteiger partial charge is 0.389 e. The second-order valence-electron chi connectivity index (χ2n) is 4.44. The molecule has 0 aromatic heterocycles. The highest BCUT2D eigenvalue weighted by atomic mass is 79.9. The minimum atomic E-state index is -4.15. The van der Waals surface area contributed by atoms with E-state index in [0.29, 0.717) is 29.1 Å². The summed E-state index contributed by atoms with van der Waals surface area (Å²) in [5, 5.41) is 3.03. The summed E-state index contributed by atoms with van der Waals surface area (Å²) in [6.07, 6.45) is -5.09. The third-order valence-electron chi connectivity index (χ3n) is 2.60. The standard InChI is InChI=1S/C14H19BrF3NO2/c1-3-20-12-8-10(9-19-2)7-11(15)13(12)21-6-4-5-14(16,17)18/h7-8,19H,3-6,9H2,1-2H3. The number of rotatable bonds is 8. The molecule has 0 fully saturated rings. The zero-order chi connectivity index (χ0) is 15.9. The van der Waals surface area contributed by atoms with Gasteiger partial charge in [-0.3, -0.25) is 0 Å². The monoisotopic (exact) mass is 369 g/mol.